The summed E-state index contributed by atoms with van der Waals surface area (Å²) in [7, 11) is 0. The van der Waals surface area contributed by atoms with E-state index in [1.807, 2.05) is 30.3 Å². The SMILES string of the molecule is O=c1c2cc(F)ccc2nnn1Cc1ccccc1. The summed E-state index contributed by atoms with van der Waals surface area (Å²) in [4.78, 5) is 12.2. The summed E-state index contributed by atoms with van der Waals surface area (Å²) in [5, 5.41) is 8.03. The zero-order valence-electron chi connectivity index (χ0n) is 9.95. The molecule has 0 N–H and O–H groups in total. The Labute approximate surface area is 108 Å². The van der Waals surface area contributed by atoms with Crippen molar-refractivity contribution in [2.24, 2.45) is 0 Å². The minimum absolute atomic E-state index is 0.242. The molecule has 3 aromatic rings. The van der Waals surface area contributed by atoms with Crippen LogP contribution in [0.2, 0.25) is 0 Å². The van der Waals surface area contributed by atoms with Crippen LogP contribution < -0.4 is 5.56 Å². The van der Waals surface area contributed by atoms with E-state index in [0.29, 0.717) is 12.1 Å². The van der Waals surface area contributed by atoms with Crippen LogP contribution in [0.4, 0.5) is 4.39 Å². The fraction of sp³-hybridized carbons (Fsp3) is 0.0714. The van der Waals surface area contributed by atoms with Crippen molar-refractivity contribution < 1.29 is 4.39 Å². The predicted molar refractivity (Wildman–Crippen MR) is 69.3 cm³/mol. The third-order valence-corrected chi connectivity index (χ3v) is 2.86. The number of hydrogen-bond donors (Lipinski definition) is 0. The Morgan fingerprint density at radius 1 is 1.11 bits per heavy atom. The Hall–Kier alpha value is -2.56. The van der Waals surface area contributed by atoms with Gasteiger partial charge in [0.1, 0.15) is 11.3 Å². The van der Waals surface area contributed by atoms with Crippen molar-refractivity contribution >= 4 is 10.9 Å². The number of benzene rings is 2. The van der Waals surface area contributed by atoms with Gasteiger partial charge in [0.2, 0.25) is 0 Å². The van der Waals surface area contributed by atoms with Gasteiger partial charge in [0.05, 0.1) is 11.9 Å². The highest BCUT2D eigenvalue weighted by atomic mass is 19.1. The lowest BCUT2D eigenvalue weighted by Crippen LogP contribution is -2.24. The molecule has 0 aliphatic rings. The van der Waals surface area contributed by atoms with E-state index in [1.165, 1.54) is 22.9 Å². The molecule has 1 aromatic heterocycles. The molecule has 19 heavy (non-hydrogen) atoms. The standard InChI is InChI=1S/C14H10FN3O/c15-11-6-7-13-12(8-11)14(19)18(17-16-13)9-10-4-2-1-3-5-10/h1-8H,9H2. The lowest BCUT2D eigenvalue weighted by Gasteiger charge is -2.04. The quantitative estimate of drug-likeness (QED) is 0.703. The number of aromatic nitrogens is 3. The molecular formula is C14H10FN3O. The van der Waals surface area contributed by atoms with Crippen molar-refractivity contribution in [1.82, 2.24) is 15.0 Å². The van der Waals surface area contributed by atoms with Crippen LogP contribution >= 0.6 is 0 Å². The van der Waals surface area contributed by atoms with Crippen molar-refractivity contribution in [3.63, 3.8) is 0 Å². The number of hydrogen-bond acceptors (Lipinski definition) is 3. The van der Waals surface area contributed by atoms with Gasteiger partial charge in [-0.1, -0.05) is 35.5 Å². The van der Waals surface area contributed by atoms with Crippen LogP contribution in [0.1, 0.15) is 5.56 Å². The zero-order chi connectivity index (χ0) is 13.2. The van der Waals surface area contributed by atoms with Crippen molar-refractivity contribution in [3.8, 4) is 0 Å². The molecule has 5 heteroatoms. The largest absolute Gasteiger partial charge is 0.278 e. The third-order valence-electron chi connectivity index (χ3n) is 2.86. The molecule has 0 radical (unpaired) electrons. The maximum atomic E-state index is 13.2. The highest BCUT2D eigenvalue weighted by Gasteiger charge is 2.07. The van der Waals surface area contributed by atoms with Crippen LogP contribution in [-0.4, -0.2) is 15.0 Å². The van der Waals surface area contributed by atoms with Gasteiger partial charge in [-0.05, 0) is 23.8 Å². The Bertz CT molecular complexity index is 784. The normalized spacial score (nSPS) is 10.8. The Morgan fingerprint density at radius 3 is 2.68 bits per heavy atom. The summed E-state index contributed by atoms with van der Waals surface area (Å²) in [5.41, 5.74) is 0.999. The molecule has 0 atom stereocenters. The summed E-state index contributed by atoms with van der Waals surface area (Å²) in [5.74, 6) is -0.455. The summed E-state index contributed by atoms with van der Waals surface area (Å²) in [6.45, 7) is 0.319. The number of nitrogens with zero attached hydrogens (tertiary/aromatic N) is 3. The first kappa shape index (κ1) is 11.5. The van der Waals surface area contributed by atoms with Crippen molar-refractivity contribution in [2.45, 2.75) is 6.54 Å². The summed E-state index contributed by atoms with van der Waals surface area (Å²) in [6, 6.07) is 13.3. The molecular weight excluding hydrogens is 245 g/mol. The minimum Gasteiger partial charge on any atom is -0.267 e. The minimum atomic E-state index is -0.455. The zero-order valence-corrected chi connectivity index (χ0v) is 9.95. The van der Waals surface area contributed by atoms with Crippen molar-refractivity contribution in [3.05, 3.63) is 70.3 Å². The highest BCUT2D eigenvalue weighted by molar-refractivity contribution is 5.76. The van der Waals surface area contributed by atoms with Crippen LogP contribution in [0.25, 0.3) is 10.9 Å². The second kappa shape index (κ2) is 4.61. The second-order valence-corrected chi connectivity index (χ2v) is 4.20. The lowest BCUT2D eigenvalue weighted by atomic mass is 10.2. The van der Waals surface area contributed by atoms with E-state index in [4.69, 9.17) is 0 Å². The van der Waals surface area contributed by atoms with Gasteiger partial charge in [-0.25, -0.2) is 9.07 Å². The van der Waals surface area contributed by atoms with E-state index in [2.05, 4.69) is 10.3 Å². The van der Waals surface area contributed by atoms with Crippen LogP contribution in [-0.2, 0) is 6.54 Å². The fourth-order valence-corrected chi connectivity index (χ4v) is 1.91. The van der Waals surface area contributed by atoms with E-state index < -0.39 is 5.82 Å². The first-order valence-electron chi connectivity index (χ1n) is 5.81. The average Bonchev–Trinajstić information content (AvgIpc) is 2.44. The van der Waals surface area contributed by atoms with Gasteiger partial charge in [-0.2, -0.15) is 0 Å². The van der Waals surface area contributed by atoms with Gasteiger partial charge in [0, 0.05) is 0 Å². The van der Waals surface area contributed by atoms with Gasteiger partial charge in [-0.3, -0.25) is 4.79 Å². The van der Waals surface area contributed by atoms with E-state index >= 15 is 0 Å². The van der Waals surface area contributed by atoms with Gasteiger partial charge in [0.25, 0.3) is 5.56 Å². The van der Waals surface area contributed by atoms with Crippen LogP contribution in [0.5, 0.6) is 0 Å². The number of rotatable bonds is 2. The van der Waals surface area contributed by atoms with Crippen LogP contribution in [0, 0.1) is 5.82 Å². The van der Waals surface area contributed by atoms with Gasteiger partial charge in [-0.15, -0.1) is 5.10 Å². The molecule has 3 rings (SSSR count). The van der Waals surface area contributed by atoms with Crippen molar-refractivity contribution in [1.29, 1.82) is 0 Å². The van der Waals surface area contributed by atoms with E-state index in [-0.39, 0.29) is 10.9 Å². The Morgan fingerprint density at radius 2 is 1.89 bits per heavy atom. The first-order chi connectivity index (χ1) is 9.24. The maximum Gasteiger partial charge on any atom is 0.278 e. The lowest BCUT2D eigenvalue weighted by molar-refractivity contribution is 0.597. The molecule has 1 heterocycles. The van der Waals surface area contributed by atoms with Crippen LogP contribution in [0.3, 0.4) is 0 Å². The molecule has 2 aromatic carbocycles. The summed E-state index contributed by atoms with van der Waals surface area (Å²) >= 11 is 0. The van der Waals surface area contributed by atoms with E-state index in [9.17, 15) is 9.18 Å². The summed E-state index contributed by atoms with van der Waals surface area (Å²) < 4.78 is 14.4. The van der Waals surface area contributed by atoms with Gasteiger partial charge in [0.15, 0.2) is 0 Å². The fourth-order valence-electron chi connectivity index (χ4n) is 1.91. The molecule has 0 fully saturated rings. The monoisotopic (exact) mass is 255 g/mol. The maximum absolute atomic E-state index is 13.2. The van der Waals surface area contributed by atoms with Crippen LogP contribution in [0.15, 0.2) is 53.3 Å². The molecule has 0 saturated heterocycles. The molecule has 0 aliphatic carbocycles. The molecule has 0 spiro atoms. The average molecular weight is 255 g/mol. The predicted octanol–water partition coefficient (Wildman–Crippen LogP) is 1.98. The molecule has 0 saturated carbocycles. The number of fused-ring (bicyclic) bond motifs is 1. The Kier molecular flexibility index (Phi) is 2.79. The summed E-state index contributed by atoms with van der Waals surface area (Å²) in [6.07, 6.45) is 0. The molecule has 94 valence electrons. The van der Waals surface area contributed by atoms with Crippen molar-refractivity contribution in [2.75, 3.05) is 0 Å². The topological polar surface area (TPSA) is 47.8 Å². The number of halogens is 1. The molecule has 0 unspecified atom stereocenters. The smallest absolute Gasteiger partial charge is 0.267 e. The van der Waals surface area contributed by atoms with E-state index in [0.717, 1.165) is 5.56 Å². The van der Waals surface area contributed by atoms with E-state index in [1.54, 1.807) is 0 Å². The second-order valence-electron chi connectivity index (χ2n) is 4.20. The molecule has 0 amide bonds. The molecule has 4 nitrogen and oxygen atoms in total. The van der Waals surface area contributed by atoms with Gasteiger partial charge < -0.3 is 0 Å². The third kappa shape index (κ3) is 2.22. The first-order valence-corrected chi connectivity index (χ1v) is 5.81. The van der Waals surface area contributed by atoms with Gasteiger partial charge >= 0.3 is 0 Å². The molecule has 0 aliphatic heterocycles. The molecule has 0 bridgehead atoms. The Balaban J connectivity index is 2.10. The highest BCUT2D eigenvalue weighted by Crippen LogP contribution is 2.08.